The highest BCUT2D eigenvalue weighted by Crippen LogP contribution is 2.23. The van der Waals surface area contributed by atoms with Gasteiger partial charge in [-0.15, -0.1) is 0 Å². The Hall–Kier alpha value is -1.66. The van der Waals surface area contributed by atoms with E-state index in [9.17, 15) is 27.2 Å². The van der Waals surface area contributed by atoms with Crippen LogP contribution in [0.25, 0.3) is 0 Å². The van der Waals surface area contributed by atoms with E-state index in [-0.39, 0.29) is 6.61 Å². The molecule has 0 aromatic carbocycles. The van der Waals surface area contributed by atoms with Crippen molar-refractivity contribution in [2.45, 2.75) is 26.4 Å². The van der Waals surface area contributed by atoms with Gasteiger partial charge in [0.2, 0.25) is 5.83 Å². The van der Waals surface area contributed by atoms with Crippen molar-refractivity contribution in [1.82, 2.24) is 0 Å². The van der Waals surface area contributed by atoms with Crippen molar-refractivity contribution in [3.8, 4) is 0 Å². The van der Waals surface area contributed by atoms with Crippen molar-refractivity contribution in [2.75, 3.05) is 6.61 Å². The van der Waals surface area contributed by atoms with Crippen LogP contribution >= 0.6 is 0 Å². The lowest BCUT2D eigenvalue weighted by molar-refractivity contribution is -0.140. The number of esters is 1. The molecular formula is C11H14F4O3. The van der Waals surface area contributed by atoms with Crippen molar-refractivity contribution in [3.63, 3.8) is 0 Å². The van der Waals surface area contributed by atoms with Crippen LogP contribution in [0.15, 0.2) is 24.6 Å². The van der Waals surface area contributed by atoms with Crippen molar-refractivity contribution in [3.05, 3.63) is 24.6 Å². The molecule has 0 saturated carbocycles. The highest BCUT2D eigenvalue weighted by Gasteiger charge is 2.34. The molecule has 7 heteroatoms. The van der Waals surface area contributed by atoms with Crippen LogP contribution in [0.1, 0.15) is 20.3 Å². The summed E-state index contributed by atoms with van der Waals surface area (Å²) in [7, 11) is 0. The van der Waals surface area contributed by atoms with Crippen LogP contribution in [0.5, 0.6) is 0 Å². The zero-order valence-corrected chi connectivity index (χ0v) is 10.1. The molecule has 3 nitrogen and oxygen atoms in total. The molecule has 0 atom stereocenters. The third-order valence-corrected chi connectivity index (χ3v) is 1.43. The number of alkyl halides is 3. The number of carbonyl (C=O) groups is 2. The van der Waals surface area contributed by atoms with Crippen LogP contribution in [-0.2, 0) is 14.3 Å². The van der Waals surface area contributed by atoms with Gasteiger partial charge in [0, 0.05) is 0 Å². The minimum atomic E-state index is -4.56. The summed E-state index contributed by atoms with van der Waals surface area (Å²) in [6.07, 6.45) is -3.87. The number of ether oxygens (including phenoxy) is 1. The zero-order chi connectivity index (χ0) is 14.9. The number of halogens is 4. The van der Waals surface area contributed by atoms with Gasteiger partial charge >= 0.3 is 12.1 Å². The van der Waals surface area contributed by atoms with Gasteiger partial charge in [-0.2, -0.15) is 17.6 Å². The molecule has 0 radical (unpaired) electrons. The van der Waals surface area contributed by atoms with E-state index in [4.69, 9.17) is 0 Å². The SMILES string of the molecule is C=C(C(C)=O)C(F)(F)F.C=C(F)C(=O)OCCC. The summed E-state index contributed by atoms with van der Waals surface area (Å²) in [5, 5.41) is 0. The van der Waals surface area contributed by atoms with Crippen LogP contribution in [0, 0.1) is 0 Å². The first-order valence-electron chi connectivity index (χ1n) is 4.82. The van der Waals surface area contributed by atoms with Gasteiger partial charge in [0.1, 0.15) is 0 Å². The molecule has 0 saturated heterocycles. The molecule has 0 aliphatic carbocycles. The quantitative estimate of drug-likeness (QED) is 0.448. The average Bonchev–Trinajstić information content (AvgIpc) is 2.23. The smallest absolute Gasteiger partial charge is 0.419 e. The molecule has 0 spiro atoms. The van der Waals surface area contributed by atoms with E-state index >= 15 is 0 Å². The second kappa shape index (κ2) is 8.43. The molecule has 0 heterocycles. The van der Waals surface area contributed by atoms with E-state index in [0.29, 0.717) is 6.42 Å². The van der Waals surface area contributed by atoms with Crippen molar-refractivity contribution < 1.29 is 31.9 Å². The molecule has 0 rings (SSSR count). The standard InChI is InChI=1S/C6H9FO2.C5H5F3O/c1-3-4-9-6(8)5(2)7;1-3(4(2)9)5(6,7)8/h2-4H2,1H3;1H2,2H3. The Balaban J connectivity index is 0. The van der Waals surface area contributed by atoms with E-state index in [1.165, 1.54) is 0 Å². The van der Waals surface area contributed by atoms with Gasteiger partial charge in [0.05, 0.1) is 12.2 Å². The minimum absolute atomic E-state index is 0.252. The van der Waals surface area contributed by atoms with Crippen LogP contribution in [0.2, 0.25) is 0 Å². The van der Waals surface area contributed by atoms with Gasteiger partial charge in [-0.25, -0.2) is 4.79 Å². The molecular weight excluding hydrogens is 256 g/mol. The maximum absolute atomic E-state index is 11.7. The fraction of sp³-hybridized carbons (Fsp3) is 0.455. The molecule has 0 aromatic rings. The number of carbonyl (C=O) groups excluding carboxylic acids is 2. The first-order chi connectivity index (χ1) is 8.03. The van der Waals surface area contributed by atoms with Gasteiger partial charge in [0.15, 0.2) is 5.78 Å². The molecule has 0 aliphatic rings. The van der Waals surface area contributed by atoms with E-state index in [1.54, 1.807) is 0 Å². The second-order valence-electron chi connectivity index (χ2n) is 3.07. The Morgan fingerprint density at radius 2 is 1.67 bits per heavy atom. The number of ketones is 1. The predicted octanol–water partition coefficient (Wildman–Crippen LogP) is 3.12. The molecule has 0 fully saturated rings. The lowest BCUT2D eigenvalue weighted by Crippen LogP contribution is -2.16. The molecule has 0 N–H and O–H groups in total. The third-order valence-electron chi connectivity index (χ3n) is 1.43. The Morgan fingerprint density at radius 3 is 1.83 bits per heavy atom. The molecule has 18 heavy (non-hydrogen) atoms. The normalized spacial score (nSPS) is 9.89. The highest BCUT2D eigenvalue weighted by molar-refractivity contribution is 5.93. The summed E-state index contributed by atoms with van der Waals surface area (Å²) < 4.78 is 50.2. The first kappa shape index (κ1) is 18.7. The maximum Gasteiger partial charge on any atom is 0.419 e. The molecule has 0 unspecified atom stereocenters. The van der Waals surface area contributed by atoms with Crippen LogP contribution in [-0.4, -0.2) is 24.5 Å². The zero-order valence-electron chi connectivity index (χ0n) is 10.1. The fourth-order valence-corrected chi connectivity index (χ4v) is 0.473. The van der Waals surface area contributed by atoms with Gasteiger partial charge in [-0.3, -0.25) is 4.79 Å². The number of Topliss-reactive ketones (excluding diaryl/α,β-unsaturated/α-hetero) is 1. The van der Waals surface area contributed by atoms with Gasteiger partial charge in [0.25, 0.3) is 0 Å². The van der Waals surface area contributed by atoms with E-state index in [2.05, 4.69) is 17.9 Å². The van der Waals surface area contributed by atoms with Crippen LogP contribution < -0.4 is 0 Å². The molecule has 0 aromatic heterocycles. The Morgan fingerprint density at radius 1 is 1.22 bits per heavy atom. The highest BCUT2D eigenvalue weighted by atomic mass is 19.4. The van der Waals surface area contributed by atoms with E-state index in [0.717, 1.165) is 6.92 Å². The summed E-state index contributed by atoms with van der Waals surface area (Å²) in [5.41, 5.74) is -1.30. The first-order valence-corrected chi connectivity index (χ1v) is 4.82. The van der Waals surface area contributed by atoms with Crippen molar-refractivity contribution >= 4 is 11.8 Å². The topological polar surface area (TPSA) is 43.4 Å². The maximum atomic E-state index is 11.7. The average molecular weight is 270 g/mol. The summed E-state index contributed by atoms with van der Waals surface area (Å²) >= 11 is 0. The number of hydrogen-bond acceptors (Lipinski definition) is 3. The van der Waals surface area contributed by atoms with Gasteiger partial charge in [-0.05, 0) is 13.3 Å². The van der Waals surface area contributed by atoms with Crippen LogP contribution in [0.4, 0.5) is 17.6 Å². The second-order valence-corrected chi connectivity index (χ2v) is 3.07. The van der Waals surface area contributed by atoms with E-state index < -0.39 is 29.3 Å². The summed E-state index contributed by atoms with van der Waals surface area (Å²) in [6.45, 7) is 8.23. The largest absolute Gasteiger partial charge is 0.460 e. The monoisotopic (exact) mass is 270 g/mol. The lowest BCUT2D eigenvalue weighted by Gasteiger charge is -2.04. The summed E-state index contributed by atoms with van der Waals surface area (Å²) in [6, 6.07) is 0. The van der Waals surface area contributed by atoms with Crippen molar-refractivity contribution in [2.24, 2.45) is 0 Å². The van der Waals surface area contributed by atoms with Crippen LogP contribution in [0.3, 0.4) is 0 Å². The molecule has 0 amide bonds. The third kappa shape index (κ3) is 9.56. The number of rotatable bonds is 4. The Labute approximate surface area is 102 Å². The molecule has 0 bridgehead atoms. The Kier molecular flexibility index (Phi) is 8.76. The lowest BCUT2D eigenvalue weighted by atomic mass is 10.2. The summed E-state index contributed by atoms with van der Waals surface area (Å²) in [5.74, 6) is -3.04. The van der Waals surface area contributed by atoms with Gasteiger partial charge < -0.3 is 4.74 Å². The number of hydrogen-bond donors (Lipinski definition) is 0. The number of allylic oxidation sites excluding steroid dienone is 1. The Bertz CT molecular complexity index is 332. The molecule has 0 aliphatic heterocycles. The predicted molar refractivity (Wildman–Crippen MR) is 57.4 cm³/mol. The minimum Gasteiger partial charge on any atom is -0.460 e. The fourth-order valence-electron chi connectivity index (χ4n) is 0.473. The van der Waals surface area contributed by atoms with Crippen molar-refractivity contribution in [1.29, 1.82) is 0 Å². The molecule has 104 valence electrons. The van der Waals surface area contributed by atoms with E-state index in [1.807, 2.05) is 6.92 Å². The van der Waals surface area contributed by atoms with Gasteiger partial charge in [-0.1, -0.05) is 20.1 Å². The summed E-state index contributed by atoms with van der Waals surface area (Å²) in [4.78, 5) is 20.2.